The molecule has 3 aromatic carbocycles. The van der Waals surface area contributed by atoms with Crippen LogP contribution >= 0.6 is 0 Å². The Morgan fingerprint density at radius 2 is 1.33 bits per heavy atom. The summed E-state index contributed by atoms with van der Waals surface area (Å²) in [4.78, 5) is 4.81. The third kappa shape index (κ3) is 2.50. The molecule has 0 radical (unpaired) electrons. The molecule has 0 saturated carbocycles. The first-order chi connectivity index (χ1) is 11.9. The van der Waals surface area contributed by atoms with Crippen molar-refractivity contribution in [3.05, 3.63) is 72.8 Å². The Bertz CT molecular complexity index is 953. The van der Waals surface area contributed by atoms with Gasteiger partial charge < -0.3 is 4.74 Å². The topological polar surface area (TPSA) is 22.1 Å². The number of fused-ring (bicyclic) bond motifs is 2. The number of hydrogen-bond acceptors (Lipinski definition) is 2. The van der Waals surface area contributed by atoms with Gasteiger partial charge in [-0.2, -0.15) is 0 Å². The van der Waals surface area contributed by atoms with Gasteiger partial charge >= 0.3 is 0 Å². The molecule has 2 heteroatoms. The molecular formula is C22H19NO. The Morgan fingerprint density at radius 1 is 0.750 bits per heavy atom. The second-order valence-corrected chi connectivity index (χ2v) is 5.87. The van der Waals surface area contributed by atoms with E-state index in [-0.39, 0.29) is 0 Å². The average molecular weight is 313 g/mol. The van der Waals surface area contributed by atoms with Crippen molar-refractivity contribution in [2.45, 2.75) is 13.3 Å². The van der Waals surface area contributed by atoms with E-state index in [1.54, 1.807) is 0 Å². The van der Waals surface area contributed by atoms with Crippen LogP contribution in [0.15, 0.2) is 72.8 Å². The van der Waals surface area contributed by atoms with Crippen molar-refractivity contribution in [1.82, 2.24) is 4.98 Å². The van der Waals surface area contributed by atoms with E-state index in [4.69, 9.17) is 9.72 Å². The minimum Gasteiger partial charge on any atom is -0.493 e. The van der Waals surface area contributed by atoms with E-state index < -0.39 is 0 Å². The number of aromatic nitrogens is 1. The fourth-order valence-corrected chi connectivity index (χ4v) is 3.14. The SMILES string of the molecule is CCCOc1ccccc1-c1c2ccccc2nc2ccccc12. The van der Waals surface area contributed by atoms with Gasteiger partial charge in [0.25, 0.3) is 0 Å². The van der Waals surface area contributed by atoms with Gasteiger partial charge in [-0.1, -0.05) is 61.5 Å². The number of nitrogens with zero attached hydrogens (tertiary/aromatic N) is 1. The van der Waals surface area contributed by atoms with E-state index in [1.165, 1.54) is 5.56 Å². The Hall–Kier alpha value is -2.87. The fraction of sp³-hybridized carbons (Fsp3) is 0.136. The lowest BCUT2D eigenvalue weighted by molar-refractivity contribution is 0.319. The normalized spacial score (nSPS) is 11.0. The van der Waals surface area contributed by atoms with Crippen LogP contribution in [0.1, 0.15) is 13.3 Å². The Balaban J connectivity index is 2.08. The zero-order chi connectivity index (χ0) is 16.4. The molecule has 1 aromatic heterocycles. The summed E-state index contributed by atoms with van der Waals surface area (Å²) >= 11 is 0. The van der Waals surface area contributed by atoms with Crippen LogP contribution in [0.2, 0.25) is 0 Å². The molecule has 0 atom stereocenters. The monoisotopic (exact) mass is 313 g/mol. The standard InChI is InChI=1S/C22H19NO/c1-2-15-24-21-14-8-5-11-18(21)22-16-9-3-6-12-19(16)23-20-13-7-4-10-17(20)22/h3-14H,2,15H2,1H3. The van der Waals surface area contributed by atoms with Crippen molar-refractivity contribution < 1.29 is 4.74 Å². The third-order valence-corrected chi connectivity index (χ3v) is 4.21. The molecule has 4 rings (SSSR count). The Kier molecular flexibility index (Phi) is 3.87. The molecule has 0 aliphatic heterocycles. The van der Waals surface area contributed by atoms with E-state index in [0.717, 1.165) is 46.1 Å². The van der Waals surface area contributed by atoms with Crippen LogP contribution < -0.4 is 4.74 Å². The molecule has 0 bridgehead atoms. The predicted molar refractivity (Wildman–Crippen MR) is 100 cm³/mol. The van der Waals surface area contributed by atoms with Crippen molar-refractivity contribution in [2.24, 2.45) is 0 Å². The zero-order valence-electron chi connectivity index (χ0n) is 13.7. The summed E-state index contributed by atoms with van der Waals surface area (Å²) in [5.74, 6) is 0.931. The van der Waals surface area contributed by atoms with Crippen LogP contribution in [0.25, 0.3) is 32.9 Å². The molecule has 0 aliphatic rings. The summed E-state index contributed by atoms with van der Waals surface area (Å²) in [5.41, 5.74) is 4.34. The molecule has 0 amide bonds. The quantitative estimate of drug-likeness (QED) is 0.441. The number of hydrogen-bond donors (Lipinski definition) is 0. The van der Waals surface area contributed by atoms with E-state index in [1.807, 2.05) is 18.2 Å². The second kappa shape index (κ2) is 6.32. The minimum absolute atomic E-state index is 0.720. The Morgan fingerprint density at radius 3 is 2.00 bits per heavy atom. The minimum atomic E-state index is 0.720. The number of rotatable bonds is 4. The van der Waals surface area contributed by atoms with Crippen molar-refractivity contribution in [2.75, 3.05) is 6.61 Å². The van der Waals surface area contributed by atoms with Crippen LogP contribution in [0.5, 0.6) is 5.75 Å². The van der Waals surface area contributed by atoms with Crippen LogP contribution in [-0.4, -0.2) is 11.6 Å². The summed E-state index contributed by atoms with van der Waals surface area (Å²) in [7, 11) is 0. The lowest BCUT2D eigenvalue weighted by Crippen LogP contribution is -1.97. The smallest absolute Gasteiger partial charge is 0.127 e. The van der Waals surface area contributed by atoms with Gasteiger partial charge in [-0.25, -0.2) is 4.98 Å². The average Bonchev–Trinajstić information content (AvgIpc) is 2.65. The summed E-state index contributed by atoms with van der Waals surface area (Å²) in [6.07, 6.45) is 0.992. The zero-order valence-corrected chi connectivity index (χ0v) is 13.7. The van der Waals surface area contributed by atoms with Crippen LogP contribution in [-0.2, 0) is 0 Å². The molecule has 0 fully saturated rings. The van der Waals surface area contributed by atoms with Gasteiger partial charge in [0.15, 0.2) is 0 Å². The first-order valence-corrected chi connectivity index (χ1v) is 8.38. The lowest BCUT2D eigenvalue weighted by Gasteiger charge is -2.15. The van der Waals surface area contributed by atoms with Gasteiger partial charge in [0.2, 0.25) is 0 Å². The highest BCUT2D eigenvalue weighted by atomic mass is 16.5. The van der Waals surface area contributed by atoms with Gasteiger partial charge in [-0.15, -0.1) is 0 Å². The Labute approximate surface area is 141 Å². The van der Waals surface area contributed by atoms with Gasteiger partial charge in [0.1, 0.15) is 5.75 Å². The van der Waals surface area contributed by atoms with Crippen LogP contribution in [0.3, 0.4) is 0 Å². The number of benzene rings is 3. The number of pyridine rings is 1. The summed E-state index contributed by atoms with van der Waals surface area (Å²) < 4.78 is 6.02. The van der Waals surface area contributed by atoms with E-state index in [2.05, 4.69) is 61.5 Å². The van der Waals surface area contributed by atoms with Crippen molar-refractivity contribution >= 4 is 21.8 Å². The van der Waals surface area contributed by atoms with Gasteiger partial charge in [0.05, 0.1) is 17.6 Å². The summed E-state index contributed by atoms with van der Waals surface area (Å²) in [5, 5.41) is 2.31. The maximum Gasteiger partial charge on any atom is 0.127 e. The molecule has 0 saturated heterocycles. The van der Waals surface area contributed by atoms with Crippen molar-refractivity contribution in [1.29, 1.82) is 0 Å². The van der Waals surface area contributed by atoms with E-state index >= 15 is 0 Å². The molecular weight excluding hydrogens is 294 g/mol. The highest BCUT2D eigenvalue weighted by molar-refractivity contribution is 6.10. The van der Waals surface area contributed by atoms with Gasteiger partial charge in [0, 0.05) is 21.9 Å². The van der Waals surface area contributed by atoms with Gasteiger partial charge in [-0.05, 0) is 24.6 Å². The van der Waals surface area contributed by atoms with Gasteiger partial charge in [-0.3, -0.25) is 0 Å². The first-order valence-electron chi connectivity index (χ1n) is 8.38. The summed E-state index contributed by atoms with van der Waals surface area (Å²) in [6.45, 7) is 2.85. The van der Waals surface area contributed by atoms with Crippen molar-refractivity contribution in [3.8, 4) is 16.9 Å². The summed E-state index contributed by atoms with van der Waals surface area (Å²) in [6, 6.07) is 24.9. The molecule has 24 heavy (non-hydrogen) atoms. The maximum absolute atomic E-state index is 6.02. The molecule has 0 N–H and O–H groups in total. The van der Waals surface area contributed by atoms with Crippen LogP contribution in [0, 0.1) is 0 Å². The number of para-hydroxylation sites is 3. The molecule has 0 unspecified atom stereocenters. The second-order valence-electron chi connectivity index (χ2n) is 5.87. The number of ether oxygens (including phenoxy) is 1. The van der Waals surface area contributed by atoms with E-state index in [9.17, 15) is 0 Å². The van der Waals surface area contributed by atoms with E-state index in [0.29, 0.717) is 0 Å². The van der Waals surface area contributed by atoms with Crippen molar-refractivity contribution in [3.63, 3.8) is 0 Å². The lowest BCUT2D eigenvalue weighted by atomic mass is 9.95. The largest absolute Gasteiger partial charge is 0.493 e. The fourth-order valence-electron chi connectivity index (χ4n) is 3.14. The molecule has 118 valence electrons. The third-order valence-electron chi connectivity index (χ3n) is 4.21. The first kappa shape index (κ1) is 14.7. The highest BCUT2D eigenvalue weighted by Gasteiger charge is 2.14. The molecule has 4 aromatic rings. The molecule has 0 aliphatic carbocycles. The molecule has 0 spiro atoms. The molecule has 1 heterocycles. The van der Waals surface area contributed by atoms with Crippen LogP contribution in [0.4, 0.5) is 0 Å². The molecule has 2 nitrogen and oxygen atoms in total. The highest BCUT2D eigenvalue weighted by Crippen LogP contribution is 2.39. The maximum atomic E-state index is 6.02. The predicted octanol–water partition coefficient (Wildman–Crippen LogP) is 5.84.